The molecule has 0 saturated carbocycles. The highest BCUT2D eigenvalue weighted by atomic mass is 35.5. The molecule has 3 rings (SSSR count). The van der Waals surface area contributed by atoms with E-state index in [0.29, 0.717) is 0 Å². The van der Waals surface area contributed by atoms with E-state index in [9.17, 15) is 21.2 Å². The largest absolute Gasteiger partial charge is 0.280 e. The summed E-state index contributed by atoms with van der Waals surface area (Å²) in [6.45, 7) is 0. The van der Waals surface area contributed by atoms with Gasteiger partial charge in [-0.05, 0) is 66.7 Å². The standard InChI is InChI=1S/C18H13Cl2FN2O4S2/c19-12-9-13(20)11-18(10-12)29(26,27)23-16-5-7-17(8-6-16)28(24,25)22-15-3-1-14(21)2-4-15/h1-11,22-23H. The van der Waals surface area contributed by atoms with Crippen molar-refractivity contribution in [1.82, 2.24) is 0 Å². The number of halogens is 3. The summed E-state index contributed by atoms with van der Waals surface area (Å²) in [4.78, 5) is -0.236. The van der Waals surface area contributed by atoms with Crippen molar-refractivity contribution in [3.05, 3.63) is 82.6 Å². The van der Waals surface area contributed by atoms with Crippen LogP contribution in [0.25, 0.3) is 0 Å². The predicted octanol–water partition coefficient (Wildman–Crippen LogP) is 4.73. The smallest absolute Gasteiger partial charge is 0.261 e. The number of anilines is 2. The van der Waals surface area contributed by atoms with E-state index in [1.807, 2.05) is 0 Å². The first kappa shape index (κ1) is 21.4. The van der Waals surface area contributed by atoms with Crippen LogP contribution in [0.3, 0.4) is 0 Å². The normalized spacial score (nSPS) is 11.8. The summed E-state index contributed by atoms with van der Waals surface area (Å²) in [6.07, 6.45) is 0. The van der Waals surface area contributed by atoms with E-state index in [0.717, 1.165) is 12.1 Å². The molecule has 3 aromatic carbocycles. The van der Waals surface area contributed by atoms with E-state index in [1.54, 1.807) is 0 Å². The second kappa shape index (κ2) is 8.19. The number of nitrogens with one attached hydrogen (secondary N) is 2. The van der Waals surface area contributed by atoms with Gasteiger partial charge in [0.2, 0.25) is 0 Å². The second-order valence-corrected chi connectivity index (χ2v) is 10.1. The number of benzene rings is 3. The minimum Gasteiger partial charge on any atom is -0.280 e. The molecular formula is C18H13Cl2FN2O4S2. The highest BCUT2D eigenvalue weighted by Crippen LogP contribution is 2.25. The molecule has 0 fully saturated rings. The highest BCUT2D eigenvalue weighted by molar-refractivity contribution is 7.93. The Kier molecular flexibility index (Phi) is 6.04. The lowest BCUT2D eigenvalue weighted by Gasteiger charge is -2.11. The van der Waals surface area contributed by atoms with Gasteiger partial charge in [0.05, 0.1) is 9.79 Å². The molecule has 0 aliphatic rings. The average Bonchev–Trinajstić information content (AvgIpc) is 2.63. The predicted molar refractivity (Wildman–Crippen MR) is 111 cm³/mol. The molecule has 3 aromatic rings. The number of hydrogen-bond donors (Lipinski definition) is 2. The maximum atomic E-state index is 12.9. The van der Waals surface area contributed by atoms with Gasteiger partial charge in [-0.2, -0.15) is 0 Å². The molecule has 11 heteroatoms. The molecule has 0 amide bonds. The first-order valence-corrected chi connectivity index (χ1v) is 11.6. The summed E-state index contributed by atoms with van der Waals surface area (Å²) in [5.41, 5.74) is 0.329. The van der Waals surface area contributed by atoms with Crippen LogP contribution in [0.2, 0.25) is 10.0 Å². The molecule has 0 atom stereocenters. The Hall–Kier alpha value is -2.33. The second-order valence-electron chi connectivity index (χ2n) is 5.85. The fourth-order valence-electron chi connectivity index (χ4n) is 2.33. The molecule has 2 N–H and O–H groups in total. The van der Waals surface area contributed by atoms with Gasteiger partial charge in [0.25, 0.3) is 20.0 Å². The Bertz CT molecular complexity index is 1230. The fraction of sp³-hybridized carbons (Fsp3) is 0. The molecule has 29 heavy (non-hydrogen) atoms. The SMILES string of the molecule is O=S(=O)(Nc1ccc(F)cc1)c1ccc(NS(=O)(=O)c2cc(Cl)cc(Cl)c2)cc1. The first-order valence-electron chi connectivity index (χ1n) is 7.92. The zero-order valence-corrected chi connectivity index (χ0v) is 17.6. The van der Waals surface area contributed by atoms with Gasteiger partial charge in [-0.25, -0.2) is 21.2 Å². The van der Waals surface area contributed by atoms with Crippen LogP contribution in [0.5, 0.6) is 0 Å². The van der Waals surface area contributed by atoms with E-state index in [4.69, 9.17) is 23.2 Å². The minimum absolute atomic E-state index is 0.101. The van der Waals surface area contributed by atoms with Crippen molar-refractivity contribution in [1.29, 1.82) is 0 Å². The van der Waals surface area contributed by atoms with Gasteiger partial charge >= 0.3 is 0 Å². The summed E-state index contributed by atoms with van der Waals surface area (Å²) in [7, 11) is -7.91. The van der Waals surface area contributed by atoms with Gasteiger partial charge in [-0.1, -0.05) is 23.2 Å². The Balaban J connectivity index is 1.79. The molecule has 0 aliphatic carbocycles. The molecule has 0 unspecified atom stereocenters. The molecule has 152 valence electrons. The quantitative estimate of drug-likeness (QED) is 0.539. The van der Waals surface area contributed by atoms with Crippen LogP contribution in [0.15, 0.2) is 76.5 Å². The third-order valence-corrected chi connectivity index (χ3v) is 6.85. The molecule has 0 aliphatic heterocycles. The van der Waals surface area contributed by atoms with Crippen LogP contribution in [-0.4, -0.2) is 16.8 Å². The van der Waals surface area contributed by atoms with Gasteiger partial charge in [0.15, 0.2) is 0 Å². The van der Waals surface area contributed by atoms with Crippen LogP contribution in [0.1, 0.15) is 0 Å². The molecule has 0 radical (unpaired) electrons. The molecule has 0 heterocycles. The Morgan fingerprint density at radius 3 is 1.52 bits per heavy atom. The zero-order chi connectivity index (χ0) is 21.2. The molecule has 0 aromatic heterocycles. The van der Waals surface area contributed by atoms with Crippen molar-refractivity contribution in [2.75, 3.05) is 9.44 Å². The molecular weight excluding hydrogens is 462 g/mol. The topological polar surface area (TPSA) is 92.3 Å². The van der Waals surface area contributed by atoms with Crippen molar-refractivity contribution in [3.63, 3.8) is 0 Å². The molecule has 0 bridgehead atoms. The highest BCUT2D eigenvalue weighted by Gasteiger charge is 2.18. The van der Waals surface area contributed by atoms with Crippen LogP contribution >= 0.6 is 23.2 Å². The number of sulfonamides is 2. The number of hydrogen-bond acceptors (Lipinski definition) is 4. The van der Waals surface area contributed by atoms with Gasteiger partial charge in [0, 0.05) is 21.4 Å². The first-order chi connectivity index (χ1) is 13.5. The summed E-state index contributed by atoms with van der Waals surface area (Å²) in [6, 6.07) is 13.7. The summed E-state index contributed by atoms with van der Waals surface area (Å²) < 4.78 is 67.3. The van der Waals surface area contributed by atoms with Crippen molar-refractivity contribution in [2.45, 2.75) is 9.79 Å². The summed E-state index contributed by atoms with van der Waals surface area (Å²) >= 11 is 11.7. The van der Waals surface area contributed by atoms with E-state index in [2.05, 4.69) is 9.44 Å². The van der Waals surface area contributed by atoms with Crippen molar-refractivity contribution < 1.29 is 21.2 Å². The summed E-state index contributed by atoms with van der Waals surface area (Å²) in [5, 5.41) is 0.317. The lowest BCUT2D eigenvalue weighted by Crippen LogP contribution is -2.14. The van der Waals surface area contributed by atoms with E-state index in [1.165, 1.54) is 54.6 Å². The van der Waals surface area contributed by atoms with Crippen LogP contribution in [0, 0.1) is 5.82 Å². The molecule has 6 nitrogen and oxygen atoms in total. The van der Waals surface area contributed by atoms with Gasteiger partial charge in [-0.15, -0.1) is 0 Å². The maximum absolute atomic E-state index is 12.9. The Morgan fingerprint density at radius 2 is 1.03 bits per heavy atom. The summed E-state index contributed by atoms with van der Waals surface area (Å²) in [5.74, 6) is -0.495. The monoisotopic (exact) mass is 474 g/mol. The number of rotatable bonds is 6. The van der Waals surface area contributed by atoms with Crippen molar-refractivity contribution >= 4 is 54.6 Å². The van der Waals surface area contributed by atoms with E-state index >= 15 is 0 Å². The lowest BCUT2D eigenvalue weighted by atomic mass is 10.3. The fourth-order valence-corrected chi connectivity index (χ4v) is 5.17. The molecule has 0 saturated heterocycles. The van der Waals surface area contributed by atoms with Crippen molar-refractivity contribution in [3.8, 4) is 0 Å². The maximum Gasteiger partial charge on any atom is 0.261 e. The van der Waals surface area contributed by atoms with Crippen LogP contribution in [0.4, 0.5) is 15.8 Å². The van der Waals surface area contributed by atoms with Crippen molar-refractivity contribution in [2.24, 2.45) is 0 Å². The third kappa shape index (κ3) is 5.39. The average molecular weight is 475 g/mol. The Labute approximate surface area is 177 Å². The van der Waals surface area contributed by atoms with Gasteiger partial charge in [-0.3, -0.25) is 9.44 Å². The van der Waals surface area contributed by atoms with Gasteiger partial charge in [0.1, 0.15) is 5.82 Å². The van der Waals surface area contributed by atoms with Gasteiger partial charge < -0.3 is 0 Å². The molecule has 0 spiro atoms. The van der Waals surface area contributed by atoms with E-state index < -0.39 is 25.9 Å². The van der Waals surface area contributed by atoms with Crippen LogP contribution < -0.4 is 9.44 Å². The van der Waals surface area contributed by atoms with Crippen LogP contribution in [-0.2, 0) is 20.0 Å². The lowest BCUT2D eigenvalue weighted by molar-refractivity contribution is 0.600. The third-order valence-electron chi connectivity index (χ3n) is 3.66. The van der Waals surface area contributed by atoms with E-state index in [-0.39, 0.29) is 31.2 Å². The zero-order valence-electron chi connectivity index (χ0n) is 14.4. The Morgan fingerprint density at radius 1 is 0.621 bits per heavy atom. The minimum atomic E-state index is -3.98.